The molecular weight excluding hydrogens is 316 g/mol. The lowest BCUT2D eigenvalue weighted by molar-refractivity contribution is -0.113. The third-order valence-electron chi connectivity index (χ3n) is 2.97. The van der Waals surface area contributed by atoms with E-state index in [9.17, 15) is 4.79 Å². The fraction of sp³-hybridized carbons (Fsp3) is 0.200. The summed E-state index contributed by atoms with van der Waals surface area (Å²) in [6.07, 6.45) is 1.69. The first-order chi connectivity index (χ1) is 10.6. The largest absolute Gasteiger partial charge is 0.301 e. The van der Waals surface area contributed by atoms with Crippen LogP contribution in [0.15, 0.2) is 35.6 Å². The fourth-order valence-corrected chi connectivity index (χ4v) is 3.56. The Morgan fingerprint density at radius 3 is 2.91 bits per heavy atom. The van der Waals surface area contributed by atoms with Gasteiger partial charge in [-0.2, -0.15) is 0 Å². The first-order valence-electron chi connectivity index (χ1n) is 6.70. The van der Waals surface area contributed by atoms with Crippen LogP contribution in [0.3, 0.4) is 0 Å². The maximum Gasteiger partial charge on any atom is 0.236 e. The van der Waals surface area contributed by atoms with Gasteiger partial charge in [-0.05, 0) is 31.5 Å². The third-order valence-corrected chi connectivity index (χ3v) is 4.77. The number of thioether (sulfide) groups is 1. The number of anilines is 1. The van der Waals surface area contributed by atoms with Crippen LogP contribution in [-0.2, 0) is 4.79 Å². The number of nitrogens with zero attached hydrogens (tertiary/aromatic N) is 3. The predicted octanol–water partition coefficient (Wildman–Crippen LogP) is 3.43. The maximum atomic E-state index is 12.0. The highest BCUT2D eigenvalue weighted by Crippen LogP contribution is 2.28. The van der Waals surface area contributed by atoms with Crippen molar-refractivity contribution in [3.05, 3.63) is 41.7 Å². The number of benzene rings is 1. The lowest BCUT2D eigenvalue weighted by atomic mass is 10.2. The van der Waals surface area contributed by atoms with Crippen LogP contribution in [0.2, 0.25) is 0 Å². The van der Waals surface area contributed by atoms with Crippen molar-refractivity contribution in [1.29, 1.82) is 0 Å². The van der Waals surface area contributed by atoms with E-state index < -0.39 is 0 Å². The normalized spacial score (nSPS) is 10.8. The second-order valence-electron chi connectivity index (χ2n) is 4.76. The number of aromatic nitrogens is 3. The molecule has 0 aliphatic carbocycles. The number of carbonyl (C=O) groups is 1. The van der Waals surface area contributed by atoms with Gasteiger partial charge in [0.15, 0.2) is 10.3 Å². The molecule has 0 atom stereocenters. The lowest BCUT2D eigenvalue weighted by Crippen LogP contribution is -2.14. The Morgan fingerprint density at radius 1 is 1.27 bits per heavy atom. The molecule has 1 amide bonds. The summed E-state index contributed by atoms with van der Waals surface area (Å²) in [5, 5.41) is 4.07. The summed E-state index contributed by atoms with van der Waals surface area (Å²) >= 11 is 2.79. The van der Waals surface area contributed by atoms with Crippen LogP contribution < -0.4 is 5.32 Å². The number of hydrogen-bond donors (Lipinski definition) is 1. The van der Waals surface area contributed by atoms with E-state index in [1.165, 1.54) is 23.1 Å². The molecule has 0 spiro atoms. The molecule has 7 heteroatoms. The average Bonchev–Trinajstić information content (AvgIpc) is 2.89. The van der Waals surface area contributed by atoms with Crippen LogP contribution in [0.25, 0.3) is 10.2 Å². The average molecular weight is 330 g/mol. The Labute approximate surface area is 136 Å². The highest BCUT2D eigenvalue weighted by atomic mass is 32.2. The van der Waals surface area contributed by atoms with Crippen molar-refractivity contribution in [3.8, 4) is 0 Å². The number of aryl methyl sites for hydroxylation is 2. The van der Waals surface area contributed by atoms with Gasteiger partial charge >= 0.3 is 0 Å². The van der Waals surface area contributed by atoms with Gasteiger partial charge in [0.2, 0.25) is 5.91 Å². The molecule has 0 fully saturated rings. The van der Waals surface area contributed by atoms with Crippen molar-refractivity contribution in [2.75, 3.05) is 11.1 Å². The van der Waals surface area contributed by atoms with Gasteiger partial charge in [-0.1, -0.05) is 35.2 Å². The van der Waals surface area contributed by atoms with Crippen LogP contribution in [0.1, 0.15) is 11.3 Å². The van der Waals surface area contributed by atoms with Gasteiger partial charge < -0.3 is 5.32 Å². The van der Waals surface area contributed by atoms with Crippen LogP contribution in [0.5, 0.6) is 0 Å². The summed E-state index contributed by atoms with van der Waals surface area (Å²) < 4.78 is 1.07. The molecule has 0 aliphatic rings. The topological polar surface area (TPSA) is 67.8 Å². The van der Waals surface area contributed by atoms with E-state index in [2.05, 4.69) is 20.3 Å². The summed E-state index contributed by atoms with van der Waals surface area (Å²) in [6, 6.07) is 7.84. The molecule has 22 heavy (non-hydrogen) atoms. The Bertz CT molecular complexity index is 831. The second-order valence-corrected chi connectivity index (χ2v) is 6.73. The Kier molecular flexibility index (Phi) is 4.35. The third kappa shape index (κ3) is 3.42. The number of thiazole rings is 1. The van der Waals surface area contributed by atoms with Crippen molar-refractivity contribution in [2.24, 2.45) is 0 Å². The molecule has 0 radical (unpaired) electrons. The highest BCUT2D eigenvalue weighted by Gasteiger charge is 2.10. The van der Waals surface area contributed by atoms with Crippen molar-refractivity contribution < 1.29 is 4.79 Å². The molecule has 0 aliphatic heterocycles. The van der Waals surface area contributed by atoms with Crippen molar-refractivity contribution in [3.63, 3.8) is 0 Å². The molecule has 112 valence electrons. The molecule has 3 rings (SSSR count). The molecule has 2 heterocycles. The van der Waals surface area contributed by atoms with Crippen molar-refractivity contribution >= 4 is 44.4 Å². The summed E-state index contributed by atoms with van der Waals surface area (Å²) in [5.74, 6) is 0.157. The molecular formula is C15H14N4OS2. The summed E-state index contributed by atoms with van der Waals surface area (Å²) in [4.78, 5) is 24.9. The van der Waals surface area contributed by atoms with E-state index in [0.717, 1.165) is 21.5 Å². The molecule has 2 aromatic heterocycles. The second kappa shape index (κ2) is 6.41. The number of hydrogen-bond acceptors (Lipinski definition) is 6. The quantitative estimate of drug-likeness (QED) is 0.586. The van der Waals surface area contributed by atoms with E-state index in [4.69, 9.17) is 0 Å². The monoisotopic (exact) mass is 330 g/mol. The van der Waals surface area contributed by atoms with Crippen LogP contribution in [-0.4, -0.2) is 26.6 Å². The van der Waals surface area contributed by atoms with E-state index in [1.54, 1.807) is 6.20 Å². The van der Waals surface area contributed by atoms with Gasteiger partial charge in [0.25, 0.3) is 0 Å². The van der Waals surface area contributed by atoms with E-state index in [1.807, 2.05) is 38.1 Å². The standard InChI is InChI=1S/C15H14N4OS2/c1-9-4-3-5-11-13(9)19-15(22-11)18-12(20)8-21-14-16-7-6-10(2)17-14/h3-7H,8H2,1-2H3,(H,18,19,20). The number of carbonyl (C=O) groups excluding carboxylic acids is 1. The highest BCUT2D eigenvalue weighted by molar-refractivity contribution is 7.99. The van der Waals surface area contributed by atoms with Crippen LogP contribution in [0.4, 0.5) is 5.13 Å². The summed E-state index contributed by atoms with van der Waals surface area (Å²) in [6.45, 7) is 3.91. The number of amides is 1. The van der Waals surface area contributed by atoms with Gasteiger partial charge in [0, 0.05) is 11.9 Å². The van der Waals surface area contributed by atoms with Gasteiger partial charge in [0.05, 0.1) is 16.0 Å². The van der Waals surface area contributed by atoms with E-state index in [-0.39, 0.29) is 11.7 Å². The fourth-order valence-electron chi connectivity index (χ4n) is 1.92. The minimum atomic E-state index is -0.105. The summed E-state index contributed by atoms with van der Waals surface area (Å²) in [5.41, 5.74) is 2.94. The van der Waals surface area contributed by atoms with Crippen LogP contribution in [0, 0.1) is 13.8 Å². The first-order valence-corrected chi connectivity index (χ1v) is 8.50. The Balaban J connectivity index is 1.64. The van der Waals surface area contributed by atoms with Gasteiger partial charge in [-0.15, -0.1) is 0 Å². The molecule has 0 unspecified atom stereocenters. The lowest BCUT2D eigenvalue weighted by Gasteiger charge is -2.01. The zero-order valence-electron chi connectivity index (χ0n) is 12.2. The van der Waals surface area contributed by atoms with E-state index >= 15 is 0 Å². The molecule has 0 saturated heterocycles. The molecule has 5 nitrogen and oxygen atoms in total. The maximum absolute atomic E-state index is 12.0. The molecule has 1 N–H and O–H groups in total. The van der Waals surface area contributed by atoms with Crippen molar-refractivity contribution in [1.82, 2.24) is 15.0 Å². The minimum absolute atomic E-state index is 0.105. The first kappa shape index (κ1) is 14.9. The predicted molar refractivity (Wildman–Crippen MR) is 90.5 cm³/mol. The number of nitrogens with one attached hydrogen (secondary N) is 1. The Morgan fingerprint density at radius 2 is 2.14 bits per heavy atom. The number of rotatable bonds is 4. The van der Waals surface area contributed by atoms with Crippen molar-refractivity contribution in [2.45, 2.75) is 19.0 Å². The minimum Gasteiger partial charge on any atom is -0.301 e. The van der Waals surface area contributed by atoms with Gasteiger partial charge in [-0.25, -0.2) is 15.0 Å². The molecule has 0 saturated carbocycles. The van der Waals surface area contributed by atoms with Gasteiger partial charge in [-0.3, -0.25) is 4.79 Å². The molecule has 0 bridgehead atoms. The SMILES string of the molecule is Cc1ccnc(SCC(=O)Nc2nc3c(C)cccc3s2)n1. The summed E-state index contributed by atoms with van der Waals surface area (Å²) in [7, 11) is 0. The number of fused-ring (bicyclic) bond motifs is 1. The number of para-hydroxylation sites is 1. The Hall–Kier alpha value is -1.99. The van der Waals surface area contributed by atoms with E-state index in [0.29, 0.717) is 10.3 Å². The molecule has 3 aromatic rings. The smallest absolute Gasteiger partial charge is 0.236 e. The van der Waals surface area contributed by atoms with Gasteiger partial charge in [0.1, 0.15) is 0 Å². The zero-order valence-corrected chi connectivity index (χ0v) is 13.8. The van der Waals surface area contributed by atoms with Crippen LogP contribution >= 0.6 is 23.1 Å². The molecule has 1 aromatic carbocycles. The zero-order chi connectivity index (χ0) is 15.5.